The van der Waals surface area contributed by atoms with E-state index >= 15 is 0 Å². The summed E-state index contributed by atoms with van der Waals surface area (Å²) in [4.78, 5) is 25.3. The average molecular weight is 402 g/mol. The zero-order valence-electron chi connectivity index (χ0n) is 11.5. The Labute approximate surface area is 145 Å². The van der Waals surface area contributed by atoms with E-state index in [1.165, 1.54) is 29.8 Å². The Hall–Kier alpha value is -1.38. The van der Waals surface area contributed by atoms with E-state index in [1.54, 1.807) is 18.2 Å². The Balaban J connectivity index is 2.14. The molecule has 8 heteroatoms. The lowest BCUT2D eigenvalue weighted by molar-refractivity contribution is -0.140. The highest BCUT2D eigenvalue weighted by molar-refractivity contribution is 9.10. The second kappa shape index (κ2) is 7.26. The topological polar surface area (TPSA) is 66.8 Å². The molecular weight excluding hydrogens is 390 g/mol. The summed E-state index contributed by atoms with van der Waals surface area (Å²) in [5.74, 6) is -0.494. The van der Waals surface area contributed by atoms with Crippen LogP contribution in [0, 0.1) is 0 Å². The number of methoxy groups -OCH3 is 1. The summed E-state index contributed by atoms with van der Waals surface area (Å²) >= 11 is 9.58. The number of ether oxygens (including phenoxy) is 1. The average Bonchev–Trinajstić information content (AvgIpc) is 2.75. The van der Waals surface area contributed by atoms with Gasteiger partial charge in [0.05, 0.1) is 22.9 Å². The molecule has 1 saturated heterocycles. The number of hydrogen-bond acceptors (Lipinski definition) is 6. The van der Waals surface area contributed by atoms with Gasteiger partial charge in [-0.05, 0) is 39.7 Å². The number of hydrogen-bond donors (Lipinski definition) is 1. The van der Waals surface area contributed by atoms with Gasteiger partial charge in [-0.25, -0.2) is 0 Å². The Morgan fingerprint density at radius 2 is 2.27 bits per heavy atom. The highest BCUT2D eigenvalue weighted by Crippen LogP contribution is 2.33. The van der Waals surface area contributed by atoms with Gasteiger partial charge in [0, 0.05) is 6.54 Å². The second-order valence-electron chi connectivity index (χ2n) is 4.37. The van der Waals surface area contributed by atoms with Crippen molar-refractivity contribution < 1.29 is 19.4 Å². The molecule has 0 atom stereocenters. The molecule has 22 heavy (non-hydrogen) atoms. The summed E-state index contributed by atoms with van der Waals surface area (Å²) in [5.41, 5.74) is 0.762. The summed E-state index contributed by atoms with van der Waals surface area (Å²) in [6, 6.07) is 4.94. The fraction of sp³-hybridized carbons (Fsp3) is 0.214. The van der Waals surface area contributed by atoms with E-state index in [1.807, 2.05) is 0 Å². The van der Waals surface area contributed by atoms with Gasteiger partial charge in [0.2, 0.25) is 0 Å². The van der Waals surface area contributed by atoms with Crippen molar-refractivity contribution in [3.8, 4) is 5.75 Å². The van der Waals surface area contributed by atoms with Crippen LogP contribution < -0.4 is 0 Å². The maximum Gasteiger partial charge on any atom is 0.307 e. The van der Waals surface area contributed by atoms with Crippen molar-refractivity contribution >= 4 is 62.2 Å². The lowest BCUT2D eigenvalue weighted by Crippen LogP contribution is -2.30. The third-order valence-corrected chi connectivity index (χ3v) is 4.92. The lowest BCUT2D eigenvalue weighted by atomic mass is 10.2. The van der Waals surface area contributed by atoms with Crippen LogP contribution >= 0.6 is 39.9 Å². The molecule has 1 fully saturated rings. The molecular formula is C14H12BrNO4S2. The van der Waals surface area contributed by atoms with E-state index in [0.29, 0.717) is 13.7 Å². The normalized spacial score (nSPS) is 16.5. The van der Waals surface area contributed by atoms with E-state index in [2.05, 4.69) is 20.7 Å². The second-order valence-corrected chi connectivity index (χ2v) is 6.90. The number of carbonyl (C=O) groups excluding carboxylic acids is 2. The first-order chi connectivity index (χ1) is 10.4. The van der Waals surface area contributed by atoms with Gasteiger partial charge in [-0.1, -0.05) is 30.0 Å². The smallest absolute Gasteiger partial charge is 0.307 e. The molecule has 1 N–H and O–H groups in total. The first kappa shape index (κ1) is 17.0. The van der Waals surface area contributed by atoms with Crippen LogP contribution in [-0.4, -0.2) is 39.9 Å². The lowest BCUT2D eigenvalue weighted by Gasteiger charge is -2.12. The molecule has 0 spiro atoms. The SMILES string of the molecule is COC(=O)CCN1C(=O)/C(=C\c2ccc(O)c(Br)c2)SC1=S. The standard InChI is InChI=1S/C14H12BrNO4S2/c1-20-12(18)4-5-16-13(19)11(22-14(16)21)7-8-2-3-10(17)9(15)6-8/h2-3,6-7,17H,4-5H2,1H3/b11-7+. The number of phenolic OH excluding ortho intramolecular Hbond substituents is 1. The van der Waals surface area contributed by atoms with Crippen LogP contribution in [0.3, 0.4) is 0 Å². The van der Waals surface area contributed by atoms with Crippen LogP contribution in [0.25, 0.3) is 6.08 Å². The largest absolute Gasteiger partial charge is 0.507 e. The minimum absolute atomic E-state index is 0.0982. The number of benzene rings is 1. The highest BCUT2D eigenvalue weighted by Gasteiger charge is 2.32. The third-order valence-electron chi connectivity index (χ3n) is 2.91. The molecule has 0 aromatic heterocycles. The number of halogens is 1. The van der Waals surface area contributed by atoms with Gasteiger partial charge in [-0.15, -0.1) is 0 Å². The number of thioether (sulfide) groups is 1. The summed E-state index contributed by atoms with van der Waals surface area (Å²) in [7, 11) is 1.30. The monoisotopic (exact) mass is 401 g/mol. The highest BCUT2D eigenvalue weighted by atomic mass is 79.9. The third kappa shape index (κ3) is 3.88. The van der Waals surface area contributed by atoms with Crippen molar-refractivity contribution in [2.24, 2.45) is 0 Å². The first-order valence-corrected chi connectivity index (χ1v) is 8.25. The summed E-state index contributed by atoms with van der Waals surface area (Å²) in [5, 5.41) is 9.47. The quantitative estimate of drug-likeness (QED) is 0.475. The summed E-state index contributed by atoms with van der Waals surface area (Å²) in [6.45, 7) is 0.202. The molecule has 0 saturated carbocycles. The Bertz CT molecular complexity index is 675. The number of amides is 1. The maximum atomic E-state index is 12.3. The van der Waals surface area contributed by atoms with E-state index in [0.717, 1.165) is 5.56 Å². The fourth-order valence-corrected chi connectivity index (χ4v) is 3.47. The minimum Gasteiger partial charge on any atom is -0.507 e. The Kier molecular flexibility index (Phi) is 5.60. The molecule has 5 nitrogen and oxygen atoms in total. The van der Waals surface area contributed by atoms with Crippen molar-refractivity contribution in [3.05, 3.63) is 33.1 Å². The predicted octanol–water partition coefficient (Wildman–Crippen LogP) is 2.92. The first-order valence-electron chi connectivity index (χ1n) is 6.23. The van der Waals surface area contributed by atoms with Crippen LogP contribution in [-0.2, 0) is 14.3 Å². The molecule has 1 aromatic carbocycles. The number of thiocarbonyl (C=S) groups is 1. The van der Waals surface area contributed by atoms with Crippen LogP contribution in [0.1, 0.15) is 12.0 Å². The molecule has 1 aromatic rings. The number of aromatic hydroxyl groups is 1. The molecule has 1 aliphatic heterocycles. The van der Waals surface area contributed by atoms with Crippen LogP contribution in [0.2, 0.25) is 0 Å². The number of esters is 1. The van der Waals surface area contributed by atoms with Gasteiger partial charge in [0.15, 0.2) is 0 Å². The van der Waals surface area contributed by atoms with E-state index in [-0.39, 0.29) is 30.6 Å². The molecule has 0 radical (unpaired) electrons. The molecule has 116 valence electrons. The van der Waals surface area contributed by atoms with Crippen LogP contribution in [0.5, 0.6) is 5.75 Å². The number of nitrogens with zero attached hydrogens (tertiary/aromatic N) is 1. The van der Waals surface area contributed by atoms with Crippen LogP contribution in [0.15, 0.2) is 27.6 Å². The van der Waals surface area contributed by atoms with Gasteiger partial charge in [0.25, 0.3) is 5.91 Å². The Morgan fingerprint density at radius 1 is 1.55 bits per heavy atom. The van der Waals surface area contributed by atoms with E-state index in [9.17, 15) is 14.7 Å². The molecule has 1 amide bonds. The van der Waals surface area contributed by atoms with Gasteiger partial charge in [-0.2, -0.15) is 0 Å². The maximum absolute atomic E-state index is 12.3. The Morgan fingerprint density at radius 3 is 2.91 bits per heavy atom. The van der Waals surface area contributed by atoms with Gasteiger partial charge in [0.1, 0.15) is 10.1 Å². The van der Waals surface area contributed by atoms with Crippen molar-refractivity contribution in [3.63, 3.8) is 0 Å². The predicted molar refractivity (Wildman–Crippen MR) is 92.3 cm³/mol. The molecule has 2 rings (SSSR count). The van der Waals surface area contributed by atoms with Crippen molar-refractivity contribution in [2.45, 2.75) is 6.42 Å². The van der Waals surface area contributed by atoms with Gasteiger partial charge >= 0.3 is 5.97 Å². The van der Waals surface area contributed by atoms with E-state index in [4.69, 9.17) is 12.2 Å². The summed E-state index contributed by atoms with van der Waals surface area (Å²) < 4.78 is 5.52. The minimum atomic E-state index is -0.388. The van der Waals surface area contributed by atoms with E-state index < -0.39 is 0 Å². The van der Waals surface area contributed by atoms with Gasteiger partial charge in [-0.3, -0.25) is 14.5 Å². The molecule has 1 heterocycles. The zero-order chi connectivity index (χ0) is 16.3. The van der Waals surface area contributed by atoms with Crippen LogP contribution in [0.4, 0.5) is 0 Å². The molecule has 0 aliphatic carbocycles. The zero-order valence-corrected chi connectivity index (χ0v) is 14.8. The number of rotatable bonds is 4. The molecule has 1 aliphatic rings. The summed E-state index contributed by atoms with van der Waals surface area (Å²) in [6.07, 6.45) is 1.79. The number of carbonyl (C=O) groups is 2. The molecule has 0 bridgehead atoms. The van der Waals surface area contributed by atoms with Crippen molar-refractivity contribution in [2.75, 3.05) is 13.7 Å². The number of phenols is 1. The van der Waals surface area contributed by atoms with Crippen molar-refractivity contribution in [1.82, 2.24) is 4.90 Å². The van der Waals surface area contributed by atoms with Crippen molar-refractivity contribution in [1.29, 1.82) is 0 Å². The fourth-order valence-electron chi connectivity index (χ4n) is 1.76. The van der Waals surface area contributed by atoms with Gasteiger partial charge < -0.3 is 9.84 Å². The molecule has 0 unspecified atom stereocenters.